The van der Waals surface area contributed by atoms with Gasteiger partial charge in [0.15, 0.2) is 5.96 Å². The summed E-state index contributed by atoms with van der Waals surface area (Å²) in [5.74, 6) is 0.795. The zero-order chi connectivity index (χ0) is 20.8. The molecule has 3 N–H and O–H groups in total. The Kier molecular flexibility index (Phi) is 6.21. The molecule has 2 aromatic rings. The molecule has 0 bridgehead atoms. The molecule has 0 aromatic heterocycles. The van der Waals surface area contributed by atoms with Crippen LogP contribution in [0.15, 0.2) is 59.6 Å². The van der Waals surface area contributed by atoms with Crippen molar-refractivity contribution in [2.45, 2.75) is 37.6 Å². The maximum absolute atomic E-state index is 12.3. The average molecular weight is 406 g/mol. The number of nitrogens with one attached hydrogen (secondary N) is 3. The standard InChI is InChI=1S/C24H31N5O/c1-25-22(27-18-24(12-13-24)20-9-3-2-4-10-20)26-17-19-8-7-11-21(16-19)28-23(30)29-14-5-6-15-29/h2-4,7-11,16H,5-6,12-15,17-18H2,1H3,(H,28,30)(H2,25,26,27). The number of rotatable bonds is 6. The van der Waals surface area contributed by atoms with Crippen LogP contribution in [0.2, 0.25) is 0 Å². The number of carbonyl (C=O) groups excluding carboxylic acids is 1. The molecule has 158 valence electrons. The molecule has 0 atom stereocenters. The van der Waals surface area contributed by atoms with E-state index in [4.69, 9.17) is 0 Å². The molecule has 6 heteroatoms. The summed E-state index contributed by atoms with van der Waals surface area (Å²) in [6.07, 6.45) is 4.60. The van der Waals surface area contributed by atoms with E-state index in [1.54, 1.807) is 7.05 Å². The van der Waals surface area contributed by atoms with Gasteiger partial charge in [-0.2, -0.15) is 0 Å². The van der Waals surface area contributed by atoms with Crippen LogP contribution in [-0.2, 0) is 12.0 Å². The number of anilines is 1. The van der Waals surface area contributed by atoms with Crippen LogP contribution in [0.1, 0.15) is 36.8 Å². The molecule has 0 radical (unpaired) electrons. The zero-order valence-electron chi connectivity index (χ0n) is 17.7. The third-order valence-corrected chi connectivity index (χ3v) is 6.09. The van der Waals surface area contributed by atoms with E-state index >= 15 is 0 Å². The number of likely N-dealkylation sites (tertiary alicyclic amines) is 1. The average Bonchev–Trinajstić information content (AvgIpc) is 3.37. The van der Waals surface area contributed by atoms with Gasteiger partial charge in [-0.25, -0.2) is 4.79 Å². The molecule has 1 aliphatic heterocycles. The number of benzene rings is 2. The molecule has 6 nitrogen and oxygen atoms in total. The number of guanidine groups is 1. The molecule has 1 saturated heterocycles. The zero-order valence-corrected chi connectivity index (χ0v) is 17.7. The van der Waals surface area contributed by atoms with Crippen molar-refractivity contribution in [2.75, 3.05) is 32.0 Å². The van der Waals surface area contributed by atoms with Crippen molar-refractivity contribution in [3.8, 4) is 0 Å². The topological polar surface area (TPSA) is 68.8 Å². The number of hydrogen-bond acceptors (Lipinski definition) is 2. The first-order valence-corrected chi connectivity index (χ1v) is 10.8. The molecule has 2 amide bonds. The van der Waals surface area contributed by atoms with Crippen LogP contribution in [0.3, 0.4) is 0 Å². The summed E-state index contributed by atoms with van der Waals surface area (Å²) in [6.45, 7) is 3.22. The highest BCUT2D eigenvalue weighted by molar-refractivity contribution is 5.89. The van der Waals surface area contributed by atoms with E-state index in [0.29, 0.717) is 6.54 Å². The molecule has 2 fully saturated rings. The van der Waals surface area contributed by atoms with E-state index in [-0.39, 0.29) is 11.4 Å². The Morgan fingerprint density at radius 1 is 1.03 bits per heavy atom. The summed E-state index contributed by atoms with van der Waals surface area (Å²) in [5.41, 5.74) is 3.56. The Morgan fingerprint density at radius 3 is 2.50 bits per heavy atom. The second-order valence-electron chi connectivity index (χ2n) is 8.25. The molecule has 2 aromatic carbocycles. The Labute approximate surface area is 178 Å². The molecule has 0 unspecified atom stereocenters. The molecule has 4 rings (SSSR count). The molecule has 1 aliphatic carbocycles. The normalized spacial score (nSPS) is 17.5. The molecule has 1 heterocycles. The summed E-state index contributed by atoms with van der Waals surface area (Å²) in [7, 11) is 1.80. The monoisotopic (exact) mass is 405 g/mol. The van der Waals surface area contributed by atoms with Crippen LogP contribution in [0.4, 0.5) is 10.5 Å². The van der Waals surface area contributed by atoms with Gasteiger partial charge in [0.2, 0.25) is 0 Å². The molecule has 1 saturated carbocycles. The fraction of sp³-hybridized carbons (Fsp3) is 0.417. The van der Waals surface area contributed by atoms with Crippen LogP contribution in [0.5, 0.6) is 0 Å². The van der Waals surface area contributed by atoms with Crippen molar-refractivity contribution in [1.29, 1.82) is 0 Å². The van der Waals surface area contributed by atoms with E-state index in [9.17, 15) is 4.79 Å². The number of urea groups is 1. The summed E-state index contributed by atoms with van der Waals surface area (Å²) >= 11 is 0. The van der Waals surface area contributed by atoms with Crippen LogP contribution in [-0.4, -0.2) is 43.6 Å². The SMILES string of the molecule is CN=C(NCc1cccc(NC(=O)N2CCCC2)c1)NCC1(c2ccccc2)CC1. The van der Waals surface area contributed by atoms with Gasteiger partial charge in [0, 0.05) is 44.3 Å². The fourth-order valence-corrected chi connectivity index (χ4v) is 4.05. The van der Waals surface area contributed by atoms with E-state index < -0.39 is 0 Å². The predicted molar refractivity (Wildman–Crippen MR) is 122 cm³/mol. The predicted octanol–water partition coefficient (Wildman–Crippen LogP) is 3.71. The first-order chi connectivity index (χ1) is 14.7. The van der Waals surface area contributed by atoms with Gasteiger partial charge in [-0.15, -0.1) is 0 Å². The Balaban J connectivity index is 1.28. The Hall–Kier alpha value is -3.02. The van der Waals surface area contributed by atoms with Crippen LogP contribution in [0.25, 0.3) is 0 Å². The number of nitrogens with zero attached hydrogens (tertiary/aromatic N) is 2. The highest BCUT2D eigenvalue weighted by atomic mass is 16.2. The maximum atomic E-state index is 12.3. The molecule has 0 spiro atoms. The summed E-state index contributed by atoms with van der Waals surface area (Å²) < 4.78 is 0. The van der Waals surface area contributed by atoms with Gasteiger partial charge in [-0.05, 0) is 48.9 Å². The second kappa shape index (κ2) is 9.20. The quantitative estimate of drug-likeness (QED) is 0.507. The summed E-state index contributed by atoms with van der Waals surface area (Å²) in [4.78, 5) is 18.6. The third kappa shape index (κ3) is 4.93. The van der Waals surface area contributed by atoms with Gasteiger partial charge in [0.1, 0.15) is 0 Å². The lowest BCUT2D eigenvalue weighted by Crippen LogP contribution is -2.40. The number of amides is 2. The van der Waals surface area contributed by atoms with Gasteiger partial charge < -0.3 is 20.9 Å². The first kappa shape index (κ1) is 20.3. The van der Waals surface area contributed by atoms with Gasteiger partial charge in [-0.1, -0.05) is 42.5 Å². The second-order valence-corrected chi connectivity index (χ2v) is 8.25. The van der Waals surface area contributed by atoms with Crippen LogP contribution in [0, 0.1) is 0 Å². The number of aliphatic imine (C=N–C) groups is 1. The highest BCUT2D eigenvalue weighted by Gasteiger charge is 2.43. The minimum absolute atomic E-state index is 0.00858. The first-order valence-electron chi connectivity index (χ1n) is 10.8. The number of hydrogen-bond donors (Lipinski definition) is 3. The smallest absolute Gasteiger partial charge is 0.321 e. The van der Waals surface area contributed by atoms with E-state index in [2.05, 4.69) is 57.3 Å². The van der Waals surface area contributed by atoms with Gasteiger partial charge in [0.25, 0.3) is 0 Å². The minimum atomic E-state index is -0.00858. The largest absolute Gasteiger partial charge is 0.356 e. The Morgan fingerprint density at radius 2 is 1.80 bits per heavy atom. The van der Waals surface area contributed by atoms with Crippen molar-refractivity contribution < 1.29 is 4.79 Å². The van der Waals surface area contributed by atoms with Crippen molar-refractivity contribution in [2.24, 2.45) is 4.99 Å². The molecular weight excluding hydrogens is 374 g/mol. The van der Waals surface area contributed by atoms with E-state index in [1.165, 1.54) is 18.4 Å². The molecule has 2 aliphatic rings. The van der Waals surface area contributed by atoms with Gasteiger partial charge in [-0.3, -0.25) is 4.99 Å². The van der Waals surface area contributed by atoms with Crippen molar-refractivity contribution in [3.05, 3.63) is 65.7 Å². The van der Waals surface area contributed by atoms with Gasteiger partial charge >= 0.3 is 6.03 Å². The lowest BCUT2D eigenvalue weighted by molar-refractivity contribution is 0.222. The molecular formula is C24H31N5O. The van der Waals surface area contributed by atoms with Crippen molar-refractivity contribution in [3.63, 3.8) is 0 Å². The van der Waals surface area contributed by atoms with Gasteiger partial charge in [0.05, 0.1) is 0 Å². The highest BCUT2D eigenvalue weighted by Crippen LogP contribution is 2.47. The van der Waals surface area contributed by atoms with Crippen molar-refractivity contribution >= 4 is 17.7 Å². The maximum Gasteiger partial charge on any atom is 0.321 e. The van der Waals surface area contributed by atoms with Crippen LogP contribution < -0.4 is 16.0 Å². The number of carbonyl (C=O) groups is 1. The Bertz CT molecular complexity index is 885. The lowest BCUT2D eigenvalue weighted by atomic mass is 9.96. The fourth-order valence-electron chi connectivity index (χ4n) is 4.05. The van der Waals surface area contributed by atoms with E-state index in [0.717, 1.165) is 49.7 Å². The third-order valence-electron chi connectivity index (χ3n) is 6.09. The molecule has 30 heavy (non-hydrogen) atoms. The summed E-state index contributed by atoms with van der Waals surface area (Å²) in [5, 5.41) is 9.89. The van der Waals surface area contributed by atoms with Crippen molar-refractivity contribution in [1.82, 2.24) is 15.5 Å². The van der Waals surface area contributed by atoms with E-state index in [1.807, 2.05) is 23.1 Å². The summed E-state index contributed by atoms with van der Waals surface area (Å²) in [6, 6.07) is 18.7. The van der Waals surface area contributed by atoms with Crippen LogP contribution >= 0.6 is 0 Å². The lowest BCUT2D eigenvalue weighted by Gasteiger charge is -2.19. The minimum Gasteiger partial charge on any atom is -0.356 e.